The van der Waals surface area contributed by atoms with E-state index < -0.39 is 0 Å². The third-order valence-corrected chi connectivity index (χ3v) is 5.67. The standard InChI is InChI=1S/C17H20BrN7O2/c1-10-13-16(23-25(10)11-3-7-26-8-4-11)27-6-2-5-24-15-12(14(18)22-24)9-19-17(20-13)21-15/h9,11H,2-8H2,1H3,(H,19,20,21). The van der Waals surface area contributed by atoms with Crippen molar-refractivity contribution in [1.29, 1.82) is 0 Å². The fourth-order valence-corrected chi connectivity index (χ4v) is 4.13. The summed E-state index contributed by atoms with van der Waals surface area (Å²) in [7, 11) is 0. The van der Waals surface area contributed by atoms with Crippen molar-refractivity contribution in [2.75, 3.05) is 25.1 Å². The largest absolute Gasteiger partial charge is 0.475 e. The molecule has 1 saturated heterocycles. The van der Waals surface area contributed by atoms with Gasteiger partial charge in [-0.05, 0) is 35.7 Å². The monoisotopic (exact) mass is 433 g/mol. The predicted octanol–water partition coefficient (Wildman–Crippen LogP) is 2.97. The smallest absolute Gasteiger partial charge is 0.257 e. The van der Waals surface area contributed by atoms with Crippen molar-refractivity contribution in [3.05, 3.63) is 16.5 Å². The molecule has 10 heteroatoms. The minimum atomic E-state index is 0.324. The van der Waals surface area contributed by atoms with Gasteiger partial charge in [0.15, 0.2) is 5.65 Å². The molecule has 0 aromatic carbocycles. The van der Waals surface area contributed by atoms with Crippen LogP contribution in [-0.2, 0) is 11.3 Å². The summed E-state index contributed by atoms with van der Waals surface area (Å²) in [6, 6.07) is 0.324. The van der Waals surface area contributed by atoms with Crippen molar-refractivity contribution in [2.24, 2.45) is 0 Å². The molecule has 142 valence electrons. The molecule has 0 radical (unpaired) electrons. The molecule has 1 fully saturated rings. The highest BCUT2D eigenvalue weighted by Gasteiger charge is 2.25. The van der Waals surface area contributed by atoms with E-state index in [0.717, 1.165) is 59.5 Å². The maximum atomic E-state index is 6.02. The number of anilines is 2. The van der Waals surface area contributed by atoms with Crippen LogP contribution in [0.5, 0.6) is 5.88 Å². The summed E-state index contributed by atoms with van der Waals surface area (Å²) in [5, 5.41) is 13.5. The molecule has 0 unspecified atom stereocenters. The van der Waals surface area contributed by atoms with E-state index in [0.29, 0.717) is 31.0 Å². The first-order valence-electron chi connectivity index (χ1n) is 9.16. The molecule has 1 N–H and O–H groups in total. The van der Waals surface area contributed by atoms with Crippen molar-refractivity contribution < 1.29 is 9.47 Å². The van der Waals surface area contributed by atoms with E-state index in [1.807, 2.05) is 4.68 Å². The molecule has 3 aromatic heterocycles. The zero-order valence-corrected chi connectivity index (χ0v) is 16.6. The van der Waals surface area contributed by atoms with Gasteiger partial charge in [-0.2, -0.15) is 10.1 Å². The van der Waals surface area contributed by atoms with Gasteiger partial charge in [0.2, 0.25) is 5.95 Å². The molecule has 2 aliphatic rings. The summed E-state index contributed by atoms with van der Waals surface area (Å²) >= 11 is 3.48. The molecule has 9 nitrogen and oxygen atoms in total. The second-order valence-corrected chi connectivity index (χ2v) is 7.58. The van der Waals surface area contributed by atoms with Crippen LogP contribution in [0.2, 0.25) is 0 Å². The number of nitrogens with one attached hydrogen (secondary N) is 1. The predicted molar refractivity (Wildman–Crippen MR) is 102 cm³/mol. The van der Waals surface area contributed by atoms with Gasteiger partial charge in [-0.1, -0.05) is 0 Å². The number of rotatable bonds is 1. The number of hydrogen-bond donors (Lipinski definition) is 1. The Morgan fingerprint density at radius 1 is 1.22 bits per heavy atom. The van der Waals surface area contributed by atoms with Crippen LogP contribution in [0.4, 0.5) is 11.6 Å². The zero-order chi connectivity index (χ0) is 18.4. The van der Waals surface area contributed by atoms with Crippen LogP contribution in [0.25, 0.3) is 11.0 Å². The Hall–Kier alpha value is -2.20. The molecule has 5 rings (SSSR count). The molecule has 0 amide bonds. The Morgan fingerprint density at radius 2 is 2.07 bits per heavy atom. The minimum Gasteiger partial charge on any atom is -0.475 e. The van der Waals surface area contributed by atoms with Crippen LogP contribution >= 0.6 is 15.9 Å². The minimum absolute atomic E-state index is 0.324. The van der Waals surface area contributed by atoms with Crippen LogP contribution in [-0.4, -0.2) is 49.3 Å². The first kappa shape index (κ1) is 16.9. The van der Waals surface area contributed by atoms with Crippen LogP contribution < -0.4 is 10.1 Å². The highest BCUT2D eigenvalue weighted by atomic mass is 79.9. The molecule has 3 aromatic rings. The van der Waals surface area contributed by atoms with Crippen LogP contribution in [0.15, 0.2) is 10.8 Å². The van der Waals surface area contributed by atoms with Crippen molar-refractivity contribution >= 4 is 38.6 Å². The lowest BCUT2D eigenvalue weighted by Gasteiger charge is -2.23. The van der Waals surface area contributed by atoms with E-state index in [1.54, 1.807) is 6.20 Å². The molecule has 2 aliphatic heterocycles. The van der Waals surface area contributed by atoms with Gasteiger partial charge in [0.25, 0.3) is 5.88 Å². The summed E-state index contributed by atoms with van der Waals surface area (Å²) in [6.45, 7) is 4.86. The quantitative estimate of drug-likeness (QED) is 0.630. The normalized spacial score (nSPS) is 18.0. The Labute approximate surface area is 164 Å². The Balaban J connectivity index is 1.57. The van der Waals surface area contributed by atoms with E-state index in [1.165, 1.54) is 0 Å². The van der Waals surface area contributed by atoms with Crippen LogP contribution in [0.1, 0.15) is 31.0 Å². The van der Waals surface area contributed by atoms with E-state index >= 15 is 0 Å². The van der Waals surface area contributed by atoms with Crippen molar-refractivity contribution in [2.45, 2.75) is 38.8 Å². The first-order chi connectivity index (χ1) is 13.2. The zero-order valence-electron chi connectivity index (χ0n) is 15.0. The van der Waals surface area contributed by atoms with Gasteiger partial charge >= 0.3 is 0 Å². The Bertz CT molecular complexity index is 993. The van der Waals surface area contributed by atoms with Crippen molar-refractivity contribution in [3.63, 3.8) is 0 Å². The van der Waals surface area contributed by atoms with Gasteiger partial charge < -0.3 is 14.8 Å². The van der Waals surface area contributed by atoms with Gasteiger partial charge in [0, 0.05) is 32.4 Å². The fourth-order valence-electron chi connectivity index (χ4n) is 3.66. The molecule has 0 saturated carbocycles. The molecular weight excluding hydrogens is 414 g/mol. The second-order valence-electron chi connectivity index (χ2n) is 6.83. The van der Waals surface area contributed by atoms with E-state index in [4.69, 9.17) is 14.6 Å². The number of halogens is 1. The van der Waals surface area contributed by atoms with Gasteiger partial charge in [0.05, 0.1) is 23.7 Å². The maximum absolute atomic E-state index is 6.02. The number of ether oxygens (including phenoxy) is 2. The molecule has 2 bridgehead atoms. The van der Waals surface area contributed by atoms with Crippen LogP contribution in [0.3, 0.4) is 0 Å². The molecule has 27 heavy (non-hydrogen) atoms. The van der Waals surface area contributed by atoms with Gasteiger partial charge in [-0.15, -0.1) is 5.10 Å². The molecule has 0 aliphatic carbocycles. The van der Waals surface area contributed by atoms with Gasteiger partial charge in [-0.3, -0.25) is 4.68 Å². The summed E-state index contributed by atoms with van der Waals surface area (Å²) in [5.74, 6) is 1.11. The molecule has 0 spiro atoms. The summed E-state index contributed by atoms with van der Waals surface area (Å²) < 4.78 is 16.2. The lowest BCUT2D eigenvalue weighted by atomic mass is 10.1. The van der Waals surface area contributed by atoms with Gasteiger partial charge in [-0.25, -0.2) is 9.67 Å². The maximum Gasteiger partial charge on any atom is 0.257 e. The van der Waals surface area contributed by atoms with E-state index in [9.17, 15) is 0 Å². The van der Waals surface area contributed by atoms with E-state index in [-0.39, 0.29) is 0 Å². The summed E-state index contributed by atoms with van der Waals surface area (Å²) in [4.78, 5) is 9.13. The molecule has 5 heterocycles. The van der Waals surface area contributed by atoms with E-state index in [2.05, 4.69) is 47.9 Å². The second kappa shape index (κ2) is 6.75. The van der Waals surface area contributed by atoms with Crippen molar-refractivity contribution in [3.8, 4) is 5.88 Å². The van der Waals surface area contributed by atoms with Gasteiger partial charge in [0.1, 0.15) is 10.3 Å². The third kappa shape index (κ3) is 2.96. The number of nitrogens with zero attached hydrogens (tertiary/aromatic N) is 6. The third-order valence-electron chi connectivity index (χ3n) is 5.09. The Kier molecular flexibility index (Phi) is 4.24. The Morgan fingerprint density at radius 3 is 2.93 bits per heavy atom. The number of aryl methyl sites for hydroxylation is 1. The lowest BCUT2D eigenvalue weighted by Crippen LogP contribution is -2.21. The number of fused-ring (bicyclic) bond motifs is 2. The number of hydrogen-bond acceptors (Lipinski definition) is 7. The molecular formula is C17H20BrN7O2. The van der Waals surface area contributed by atoms with Crippen LogP contribution in [0, 0.1) is 6.92 Å². The lowest BCUT2D eigenvalue weighted by molar-refractivity contribution is 0.0652. The SMILES string of the molecule is Cc1c2c(nn1C1CCOCC1)OCCCn1nc(Br)c3cnc(nc31)N2. The summed E-state index contributed by atoms with van der Waals surface area (Å²) in [5.41, 5.74) is 2.65. The summed E-state index contributed by atoms with van der Waals surface area (Å²) in [6.07, 6.45) is 4.51. The fraction of sp³-hybridized carbons (Fsp3) is 0.529. The highest BCUT2D eigenvalue weighted by Crippen LogP contribution is 2.35. The number of aromatic nitrogens is 6. The topological polar surface area (TPSA) is 91.9 Å². The average molecular weight is 434 g/mol. The van der Waals surface area contributed by atoms with Crippen molar-refractivity contribution in [1.82, 2.24) is 29.5 Å². The average Bonchev–Trinajstić information content (AvgIpc) is 3.16. The molecule has 0 atom stereocenters. The highest BCUT2D eigenvalue weighted by molar-refractivity contribution is 9.10. The first-order valence-corrected chi connectivity index (χ1v) is 9.96.